The Kier molecular flexibility index (Phi) is 11.0. The summed E-state index contributed by atoms with van der Waals surface area (Å²) in [5.41, 5.74) is 1.92. The molecule has 2 aromatic rings. The van der Waals surface area contributed by atoms with E-state index >= 15 is 0 Å². The molecule has 0 bridgehead atoms. The maximum Gasteiger partial charge on any atom is 0.163 e. The lowest BCUT2D eigenvalue weighted by Gasteiger charge is -2.14. The number of ether oxygens (including phenoxy) is 2. The Labute approximate surface area is 189 Å². The van der Waals surface area contributed by atoms with Crippen LogP contribution in [-0.2, 0) is 13.2 Å². The van der Waals surface area contributed by atoms with E-state index < -0.39 is 0 Å². The molecule has 0 aromatic heterocycles. The van der Waals surface area contributed by atoms with Gasteiger partial charge in [-0.05, 0) is 42.3 Å². The van der Waals surface area contributed by atoms with Gasteiger partial charge in [-0.25, -0.2) is 0 Å². The van der Waals surface area contributed by atoms with Crippen LogP contribution in [-0.4, -0.2) is 13.7 Å². The van der Waals surface area contributed by atoms with Gasteiger partial charge in [-0.2, -0.15) is 0 Å². The molecule has 0 aliphatic heterocycles. The van der Waals surface area contributed by atoms with Crippen molar-refractivity contribution in [3.8, 4) is 11.5 Å². The van der Waals surface area contributed by atoms with Crippen LogP contribution in [0.4, 0.5) is 0 Å². The molecule has 160 valence electrons. The number of benzene rings is 2. The largest absolute Gasteiger partial charge is 0.493 e. The number of hydrogen-bond acceptors (Lipinski definition) is 3. The molecule has 2 rings (SSSR count). The van der Waals surface area contributed by atoms with E-state index in [0.29, 0.717) is 39.7 Å². The van der Waals surface area contributed by atoms with Crippen LogP contribution in [0.5, 0.6) is 11.5 Å². The summed E-state index contributed by atoms with van der Waals surface area (Å²) in [5.74, 6) is 1.26. The summed E-state index contributed by atoms with van der Waals surface area (Å²) in [6, 6.07) is 9.16. The monoisotopic (exact) mass is 457 g/mol. The summed E-state index contributed by atoms with van der Waals surface area (Å²) < 4.78 is 11.4. The van der Waals surface area contributed by atoms with Gasteiger partial charge in [-0.1, -0.05) is 79.9 Å². The van der Waals surface area contributed by atoms with Crippen molar-refractivity contribution in [2.75, 3.05) is 13.7 Å². The van der Waals surface area contributed by atoms with Crippen molar-refractivity contribution in [1.82, 2.24) is 5.32 Å². The van der Waals surface area contributed by atoms with Crippen molar-refractivity contribution in [3.05, 3.63) is 56.5 Å². The van der Waals surface area contributed by atoms with Crippen molar-refractivity contribution in [2.24, 2.45) is 0 Å². The molecule has 6 heteroatoms. The predicted molar refractivity (Wildman–Crippen MR) is 124 cm³/mol. The molecule has 0 atom stereocenters. The smallest absolute Gasteiger partial charge is 0.163 e. The molecular formula is C23H30Cl3NO2. The molecule has 0 radical (unpaired) electrons. The maximum atomic E-state index is 6.47. The second-order valence-corrected chi connectivity index (χ2v) is 8.30. The second kappa shape index (κ2) is 13.2. The van der Waals surface area contributed by atoms with Gasteiger partial charge in [0.1, 0.15) is 6.61 Å². The number of halogens is 3. The third kappa shape index (κ3) is 8.25. The quantitative estimate of drug-likeness (QED) is 0.312. The predicted octanol–water partition coefficient (Wildman–Crippen LogP) is 7.68. The highest BCUT2D eigenvalue weighted by atomic mass is 35.5. The molecule has 3 nitrogen and oxygen atoms in total. The van der Waals surface area contributed by atoms with Gasteiger partial charge in [0.05, 0.1) is 17.2 Å². The summed E-state index contributed by atoms with van der Waals surface area (Å²) in [7, 11) is 1.63. The molecule has 1 N–H and O–H groups in total. The first kappa shape index (κ1) is 24.1. The minimum atomic E-state index is 0.346. The summed E-state index contributed by atoms with van der Waals surface area (Å²) in [4.78, 5) is 0. The number of methoxy groups -OCH3 is 1. The molecule has 0 fully saturated rings. The van der Waals surface area contributed by atoms with Crippen LogP contribution in [0.2, 0.25) is 15.1 Å². The minimum Gasteiger partial charge on any atom is -0.493 e. The Morgan fingerprint density at radius 1 is 0.828 bits per heavy atom. The fourth-order valence-corrected chi connectivity index (χ4v) is 3.57. The van der Waals surface area contributed by atoms with Gasteiger partial charge in [-0.15, -0.1) is 0 Å². The minimum absolute atomic E-state index is 0.346. The fraction of sp³-hybridized carbons (Fsp3) is 0.478. The molecule has 29 heavy (non-hydrogen) atoms. The molecule has 0 saturated carbocycles. The van der Waals surface area contributed by atoms with Crippen molar-refractivity contribution in [3.63, 3.8) is 0 Å². The van der Waals surface area contributed by atoms with Gasteiger partial charge in [-0.3, -0.25) is 0 Å². The Balaban J connectivity index is 1.86. The highest BCUT2D eigenvalue weighted by Gasteiger charge is 2.11. The second-order valence-electron chi connectivity index (χ2n) is 7.08. The number of nitrogens with one attached hydrogen (secondary N) is 1. The Morgan fingerprint density at radius 2 is 1.59 bits per heavy atom. The molecule has 0 heterocycles. The Bertz CT molecular complexity index is 768. The zero-order chi connectivity index (χ0) is 21.1. The third-order valence-electron chi connectivity index (χ3n) is 4.73. The van der Waals surface area contributed by atoms with Gasteiger partial charge in [0.25, 0.3) is 0 Å². The molecule has 0 amide bonds. The van der Waals surface area contributed by atoms with Gasteiger partial charge in [0.2, 0.25) is 0 Å². The summed E-state index contributed by atoms with van der Waals surface area (Å²) in [6.45, 7) is 4.28. The zero-order valence-electron chi connectivity index (χ0n) is 17.2. The highest BCUT2D eigenvalue weighted by molar-refractivity contribution is 6.42. The Morgan fingerprint density at radius 3 is 2.31 bits per heavy atom. The standard InChI is InChI=1S/C23H30Cl3NO2/c1-3-4-5-6-7-8-11-27-15-18-13-22(28-2)23(14-20(18)25)29-16-17-9-10-19(24)21(26)12-17/h9-10,12-14,27H,3-8,11,15-16H2,1-2H3. The summed E-state index contributed by atoms with van der Waals surface area (Å²) in [6.07, 6.45) is 7.72. The van der Waals surface area contributed by atoms with E-state index in [1.807, 2.05) is 12.1 Å². The van der Waals surface area contributed by atoms with E-state index in [9.17, 15) is 0 Å². The van der Waals surface area contributed by atoms with Crippen LogP contribution in [0, 0.1) is 0 Å². The van der Waals surface area contributed by atoms with E-state index in [4.69, 9.17) is 44.3 Å². The number of hydrogen-bond donors (Lipinski definition) is 1. The van der Waals surface area contributed by atoms with Crippen LogP contribution < -0.4 is 14.8 Å². The van der Waals surface area contributed by atoms with Crippen molar-refractivity contribution in [2.45, 2.75) is 58.6 Å². The average Bonchev–Trinajstić information content (AvgIpc) is 2.72. The SMILES string of the molecule is CCCCCCCCNCc1cc(OC)c(OCc2ccc(Cl)c(Cl)c2)cc1Cl. The maximum absolute atomic E-state index is 6.47. The third-order valence-corrected chi connectivity index (χ3v) is 5.82. The van der Waals surface area contributed by atoms with Gasteiger partial charge in [0.15, 0.2) is 11.5 Å². The lowest BCUT2D eigenvalue weighted by molar-refractivity contribution is 0.284. The van der Waals surface area contributed by atoms with E-state index in [2.05, 4.69) is 12.2 Å². The van der Waals surface area contributed by atoms with Gasteiger partial charge < -0.3 is 14.8 Å². The lowest BCUT2D eigenvalue weighted by atomic mass is 10.1. The normalized spacial score (nSPS) is 10.9. The van der Waals surface area contributed by atoms with Crippen LogP contribution in [0.25, 0.3) is 0 Å². The molecule has 0 spiro atoms. The van der Waals surface area contributed by atoms with Crippen molar-refractivity contribution in [1.29, 1.82) is 0 Å². The molecule has 0 saturated heterocycles. The van der Waals surface area contributed by atoms with Crippen LogP contribution >= 0.6 is 34.8 Å². The molecule has 0 unspecified atom stereocenters. The number of rotatable bonds is 13. The first-order valence-corrected chi connectivity index (χ1v) is 11.3. The summed E-state index contributed by atoms with van der Waals surface area (Å²) >= 11 is 18.5. The highest BCUT2D eigenvalue weighted by Crippen LogP contribution is 2.34. The number of unbranched alkanes of at least 4 members (excludes halogenated alkanes) is 5. The van der Waals surface area contributed by atoms with Crippen LogP contribution in [0.1, 0.15) is 56.6 Å². The van der Waals surface area contributed by atoms with Crippen molar-refractivity contribution < 1.29 is 9.47 Å². The fourth-order valence-electron chi connectivity index (χ4n) is 3.03. The van der Waals surface area contributed by atoms with E-state index in [0.717, 1.165) is 17.7 Å². The molecule has 0 aliphatic rings. The van der Waals surface area contributed by atoms with Crippen LogP contribution in [0.3, 0.4) is 0 Å². The molecule has 0 aliphatic carbocycles. The van der Waals surface area contributed by atoms with Crippen molar-refractivity contribution >= 4 is 34.8 Å². The Hall–Kier alpha value is -1.13. The first-order valence-electron chi connectivity index (χ1n) is 10.2. The van der Waals surface area contributed by atoms with E-state index in [1.54, 1.807) is 25.3 Å². The van der Waals surface area contributed by atoms with Gasteiger partial charge >= 0.3 is 0 Å². The average molecular weight is 459 g/mol. The topological polar surface area (TPSA) is 30.5 Å². The molecule has 2 aromatic carbocycles. The van der Waals surface area contributed by atoms with E-state index in [1.165, 1.54) is 38.5 Å². The van der Waals surface area contributed by atoms with E-state index in [-0.39, 0.29) is 0 Å². The molecular weight excluding hydrogens is 429 g/mol. The summed E-state index contributed by atoms with van der Waals surface area (Å²) in [5, 5.41) is 5.15. The van der Waals surface area contributed by atoms with Gasteiger partial charge in [0, 0.05) is 17.6 Å². The zero-order valence-corrected chi connectivity index (χ0v) is 19.5. The lowest BCUT2D eigenvalue weighted by Crippen LogP contribution is -2.15. The van der Waals surface area contributed by atoms with Crippen LogP contribution in [0.15, 0.2) is 30.3 Å². The first-order chi connectivity index (χ1) is 14.0.